The zero-order valence-electron chi connectivity index (χ0n) is 15.6. The van der Waals surface area contributed by atoms with Crippen LogP contribution < -0.4 is 16.2 Å². The Morgan fingerprint density at radius 3 is 2.36 bits per heavy atom. The van der Waals surface area contributed by atoms with E-state index in [2.05, 4.69) is 22.8 Å². The fourth-order valence-electron chi connectivity index (χ4n) is 3.31. The number of fused-ring (bicyclic) bond motifs is 1. The maximum absolute atomic E-state index is 13.0. The first-order valence-corrected chi connectivity index (χ1v) is 9.37. The third kappa shape index (κ3) is 3.18. The largest absolute Gasteiger partial charge is 0.332 e. The summed E-state index contributed by atoms with van der Waals surface area (Å²) in [6.07, 6.45) is 0. The normalized spacial score (nSPS) is 10.8. The molecular weight excluding hydrogens is 368 g/mol. The maximum Gasteiger partial charge on any atom is 0.295 e. The molecule has 140 valence electrons. The van der Waals surface area contributed by atoms with E-state index in [1.165, 1.54) is 0 Å². The number of nitrogens with zero attached hydrogens (tertiary/aromatic N) is 2. The third-order valence-electron chi connectivity index (χ3n) is 4.83. The Balaban J connectivity index is 1.64. The molecular formula is C22H20N4OS. The number of hydrogen-bond donors (Lipinski definition) is 2. The molecule has 6 heteroatoms. The van der Waals surface area contributed by atoms with Crippen molar-refractivity contribution in [3.8, 4) is 5.69 Å². The lowest BCUT2D eigenvalue weighted by Gasteiger charge is -2.12. The highest BCUT2D eigenvalue weighted by molar-refractivity contribution is 7.80. The monoisotopic (exact) mass is 388 g/mol. The van der Waals surface area contributed by atoms with Crippen LogP contribution in [-0.4, -0.2) is 14.5 Å². The van der Waals surface area contributed by atoms with Gasteiger partial charge < -0.3 is 10.6 Å². The smallest absolute Gasteiger partial charge is 0.295 e. The van der Waals surface area contributed by atoms with Crippen LogP contribution in [-0.2, 0) is 7.05 Å². The van der Waals surface area contributed by atoms with Crippen LogP contribution in [0.2, 0.25) is 0 Å². The van der Waals surface area contributed by atoms with E-state index in [0.717, 1.165) is 27.8 Å². The van der Waals surface area contributed by atoms with Crippen LogP contribution in [0.25, 0.3) is 16.5 Å². The minimum Gasteiger partial charge on any atom is -0.332 e. The number of anilines is 2. The van der Waals surface area contributed by atoms with Gasteiger partial charge in [-0.25, -0.2) is 4.68 Å². The van der Waals surface area contributed by atoms with Crippen molar-refractivity contribution >= 4 is 39.5 Å². The second-order valence-electron chi connectivity index (χ2n) is 6.54. The Morgan fingerprint density at radius 2 is 1.57 bits per heavy atom. The molecule has 4 aromatic rings. The van der Waals surface area contributed by atoms with Crippen LogP contribution in [0.4, 0.5) is 11.4 Å². The Hall–Kier alpha value is -3.38. The van der Waals surface area contributed by atoms with Gasteiger partial charge in [-0.1, -0.05) is 54.6 Å². The summed E-state index contributed by atoms with van der Waals surface area (Å²) < 4.78 is 3.44. The van der Waals surface area contributed by atoms with Gasteiger partial charge in [0.15, 0.2) is 5.11 Å². The molecule has 0 fully saturated rings. The molecule has 5 nitrogen and oxygen atoms in total. The highest BCUT2D eigenvalue weighted by Gasteiger charge is 2.17. The summed E-state index contributed by atoms with van der Waals surface area (Å²) in [5.41, 5.74) is 2.82. The van der Waals surface area contributed by atoms with Gasteiger partial charge in [-0.15, -0.1) is 0 Å². The number of rotatable bonds is 3. The summed E-state index contributed by atoms with van der Waals surface area (Å²) in [5.74, 6) is 0. The lowest BCUT2D eigenvalue weighted by Crippen LogP contribution is -2.25. The molecule has 3 aromatic carbocycles. The van der Waals surface area contributed by atoms with Crippen molar-refractivity contribution in [3.63, 3.8) is 0 Å². The molecule has 0 aliphatic carbocycles. The van der Waals surface area contributed by atoms with Crippen LogP contribution in [0.15, 0.2) is 77.6 Å². The first-order chi connectivity index (χ1) is 13.6. The Kier molecular flexibility index (Phi) is 4.71. The Morgan fingerprint density at radius 1 is 0.893 bits per heavy atom. The van der Waals surface area contributed by atoms with Crippen molar-refractivity contribution in [1.29, 1.82) is 0 Å². The van der Waals surface area contributed by atoms with Gasteiger partial charge in [0.05, 0.1) is 11.4 Å². The molecule has 0 aliphatic rings. The minimum atomic E-state index is -0.145. The standard InChI is InChI=1S/C22H20N4OS/c1-15-20(21(27)26(25(15)2)17-11-4-3-5-12-17)24-22(28)23-19-14-8-10-16-9-6-7-13-18(16)19/h3-14H,1-2H3,(H2,23,24,28). The molecule has 0 aliphatic heterocycles. The molecule has 2 N–H and O–H groups in total. The SMILES string of the molecule is Cc1c(NC(=S)Nc2cccc3ccccc23)c(=O)n(-c2ccccc2)n1C. The summed E-state index contributed by atoms with van der Waals surface area (Å²) in [6, 6.07) is 23.6. The molecule has 0 amide bonds. The fraction of sp³-hybridized carbons (Fsp3) is 0.0909. The maximum atomic E-state index is 13.0. The van der Waals surface area contributed by atoms with Crippen LogP contribution in [0, 0.1) is 6.92 Å². The van der Waals surface area contributed by atoms with Gasteiger partial charge in [0.2, 0.25) is 0 Å². The third-order valence-corrected chi connectivity index (χ3v) is 5.03. The molecule has 0 spiro atoms. The Labute approximate surface area is 168 Å². The molecule has 0 saturated heterocycles. The van der Waals surface area contributed by atoms with E-state index in [1.807, 2.05) is 79.3 Å². The van der Waals surface area contributed by atoms with E-state index in [4.69, 9.17) is 12.2 Å². The molecule has 0 radical (unpaired) electrons. The molecule has 0 atom stereocenters. The molecule has 1 heterocycles. The molecule has 0 saturated carbocycles. The first-order valence-electron chi connectivity index (χ1n) is 8.96. The number of nitrogens with one attached hydrogen (secondary N) is 2. The van der Waals surface area contributed by atoms with E-state index in [-0.39, 0.29) is 5.56 Å². The van der Waals surface area contributed by atoms with Crippen LogP contribution in [0.3, 0.4) is 0 Å². The lowest BCUT2D eigenvalue weighted by atomic mass is 10.1. The summed E-state index contributed by atoms with van der Waals surface area (Å²) in [6.45, 7) is 1.89. The van der Waals surface area contributed by atoms with E-state index in [9.17, 15) is 4.79 Å². The number of hydrogen-bond acceptors (Lipinski definition) is 2. The number of aromatic nitrogens is 2. The summed E-state index contributed by atoms with van der Waals surface area (Å²) >= 11 is 5.49. The van der Waals surface area contributed by atoms with Gasteiger partial charge in [-0.05, 0) is 42.7 Å². The second-order valence-corrected chi connectivity index (χ2v) is 6.95. The van der Waals surface area contributed by atoms with Crippen molar-refractivity contribution in [2.45, 2.75) is 6.92 Å². The van der Waals surface area contributed by atoms with Crippen molar-refractivity contribution in [3.05, 3.63) is 88.8 Å². The highest BCUT2D eigenvalue weighted by Crippen LogP contribution is 2.23. The van der Waals surface area contributed by atoms with Crippen LogP contribution >= 0.6 is 12.2 Å². The molecule has 28 heavy (non-hydrogen) atoms. The zero-order valence-corrected chi connectivity index (χ0v) is 16.5. The minimum absolute atomic E-state index is 0.145. The van der Waals surface area contributed by atoms with Crippen molar-refractivity contribution in [2.75, 3.05) is 10.6 Å². The average molecular weight is 388 g/mol. The predicted octanol–water partition coefficient (Wildman–Crippen LogP) is 4.45. The van der Waals surface area contributed by atoms with Crippen LogP contribution in [0.5, 0.6) is 0 Å². The predicted molar refractivity (Wildman–Crippen MR) is 120 cm³/mol. The number of para-hydroxylation sites is 1. The number of benzene rings is 3. The molecule has 0 bridgehead atoms. The average Bonchev–Trinajstić information content (AvgIpc) is 2.92. The number of thiocarbonyl (C=S) groups is 1. The van der Waals surface area contributed by atoms with Crippen molar-refractivity contribution in [2.24, 2.45) is 7.05 Å². The quantitative estimate of drug-likeness (QED) is 0.509. The topological polar surface area (TPSA) is 51.0 Å². The lowest BCUT2D eigenvalue weighted by molar-refractivity contribution is 0.630. The van der Waals surface area contributed by atoms with Crippen LogP contribution in [0.1, 0.15) is 5.69 Å². The molecule has 1 aromatic heterocycles. The highest BCUT2D eigenvalue weighted by atomic mass is 32.1. The van der Waals surface area contributed by atoms with Gasteiger partial charge in [0.1, 0.15) is 5.69 Å². The summed E-state index contributed by atoms with van der Waals surface area (Å²) in [7, 11) is 1.86. The van der Waals surface area contributed by atoms with E-state index in [0.29, 0.717) is 10.8 Å². The molecule has 4 rings (SSSR count). The van der Waals surface area contributed by atoms with Gasteiger partial charge in [0, 0.05) is 18.1 Å². The second kappa shape index (κ2) is 7.32. The van der Waals surface area contributed by atoms with Gasteiger partial charge >= 0.3 is 0 Å². The van der Waals surface area contributed by atoms with E-state index >= 15 is 0 Å². The summed E-state index contributed by atoms with van der Waals surface area (Å²) in [5, 5.41) is 8.88. The van der Waals surface area contributed by atoms with Crippen molar-refractivity contribution in [1.82, 2.24) is 9.36 Å². The zero-order chi connectivity index (χ0) is 19.7. The van der Waals surface area contributed by atoms with Crippen molar-refractivity contribution < 1.29 is 0 Å². The summed E-state index contributed by atoms with van der Waals surface area (Å²) in [4.78, 5) is 13.0. The van der Waals surface area contributed by atoms with Gasteiger partial charge in [0.25, 0.3) is 5.56 Å². The Bertz CT molecular complexity index is 1220. The fourth-order valence-corrected chi connectivity index (χ4v) is 3.53. The first kappa shape index (κ1) is 18.0. The van der Waals surface area contributed by atoms with Gasteiger partial charge in [-0.2, -0.15) is 0 Å². The van der Waals surface area contributed by atoms with E-state index in [1.54, 1.807) is 4.68 Å². The van der Waals surface area contributed by atoms with Gasteiger partial charge in [-0.3, -0.25) is 9.48 Å². The molecule has 0 unspecified atom stereocenters. The van der Waals surface area contributed by atoms with E-state index < -0.39 is 0 Å².